The van der Waals surface area contributed by atoms with E-state index >= 15 is 0 Å². The van der Waals surface area contributed by atoms with Crippen molar-refractivity contribution in [1.82, 2.24) is 5.16 Å². The van der Waals surface area contributed by atoms with Crippen molar-refractivity contribution in [2.75, 3.05) is 0 Å². The summed E-state index contributed by atoms with van der Waals surface area (Å²) in [6, 6.07) is 5.98. The van der Waals surface area contributed by atoms with Crippen molar-refractivity contribution in [3.05, 3.63) is 30.0 Å². The zero-order valence-corrected chi connectivity index (χ0v) is 9.66. The SMILES string of the molecule is CC.CC.Cc1ccc2oncc2c1. The van der Waals surface area contributed by atoms with Gasteiger partial charge in [-0.1, -0.05) is 44.5 Å². The summed E-state index contributed by atoms with van der Waals surface area (Å²) >= 11 is 0. The highest BCUT2D eigenvalue weighted by molar-refractivity contribution is 5.76. The summed E-state index contributed by atoms with van der Waals surface area (Å²) in [5, 5.41) is 4.74. The summed E-state index contributed by atoms with van der Waals surface area (Å²) < 4.78 is 4.92. The third kappa shape index (κ3) is 3.21. The van der Waals surface area contributed by atoms with Gasteiger partial charge in [0.2, 0.25) is 0 Å². The van der Waals surface area contributed by atoms with Gasteiger partial charge in [-0.2, -0.15) is 0 Å². The minimum Gasteiger partial charge on any atom is -0.356 e. The van der Waals surface area contributed by atoms with Gasteiger partial charge in [-0.25, -0.2) is 0 Å². The number of aryl methyl sites for hydroxylation is 1. The number of aromatic nitrogens is 1. The van der Waals surface area contributed by atoms with Crippen molar-refractivity contribution in [3.63, 3.8) is 0 Å². The molecule has 2 rings (SSSR count). The highest BCUT2D eigenvalue weighted by Crippen LogP contribution is 2.13. The molecule has 2 aromatic rings. The van der Waals surface area contributed by atoms with Crippen molar-refractivity contribution in [2.24, 2.45) is 0 Å². The van der Waals surface area contributed by atoms with Gasteiger partial charge < -0.3 is 4.52 Å². The number of rotatable bonds is 0. The van der Waals surface area contributed by atoms with Crippen LogP contribution >= 0.6 is 0 Å². The molecule has 2 heteroatoms. The first kappa shape index (κ1) is 12.7. The van der Waals surface area contributed by atoms with Crippen LogP contribution in [0.25, 0.3) is 11.0 Å². The Morgan fingerprint density at radius 1 is 1.07 bits per heavy atom. The lowest BCUT2D eigenvalue weighted by Crippen LogP contribution is -1.67. The Labute approximate surface area is 85.9 Å². The monoisotopic (exact) mass is 193 g/mol. The Bertz CT molecular complexity index is 352. The molecule has 0 saturated carbocycles. The molecule has 0 spiro atoms. The van der Waals surface area contributed by atoms with Crippen LogP contribution < -0.4 is 0 Å². The predicted molar refractivity (Wildman–Crippen MR) is 61.4 cm³/mol. The van der Waals surface area contributed by atoms with Crippen molar-refractivity contribution in [3.8, 4) is 0 Å². The van der Waals surface area contributed by atoms with Gasteiger partial charge in [0.1, 0.15) is 0 Å². The van der Waals surface area contributed by atoms with Gasteiger partial charge in [0.25, 0.3) is 0 Å². The molecule has 0 unspecified atom stereocenters. The van der Waals surface area contributed by atoms with E-state index in [9.17, 15) is 0 Å². The molecule has 0 amide bonds. The summed E-state index contributed by atoms with van der Waals surface area (Å²) in [5.74, 6) is 0. The van der Waals surface area contributed by atoms with Crippen LogP contribution in [-0.2, 0) is 0 Å². The van der Waals surface area contributed by atoms with Crippen LogP contribution in [0.2, 0.25) is 0 Å². The van der Waals surface area contributed by atoms with Gasteiger partial charge in [0, 0.05) is 5.39 Å². The van der Waals surface area contributed by atoms with E-state index < -0.39 is 0 Å². The molecule has 1 heterocycles. The molecule has 0 N–H and O–H groups in total. The molecular weight excluding hydrogens is 174 g/mol. The maximum atomic E-state index is 4.92. The molecule has 1 aromatic carbocycles. The number of hydrogen-bond donors (Lipinski definition) is 0. The van der Waals surface area contributed by atoms with Crippen molar-refractivity contribution >= 4 is 11.0 Å². The third-order valence-electron chi connectivity index (χ3n) is 1.51. The van der Waals surface area contributed by atoms with Gasteiger partial charge in [0.15, 0.2) is 5.58 Å². The van der Waals surface area contributed by atoms with E-state index in [1.165, 1.54) is 5.56 Å². The Kier molecular flexibility index (Phi) is 6.46. The first-order valence-electron chi connectivity index (χ1n) is 5.17. The van der Waals surface area contributed by atoms with E-state index in [2.05, 4.69) is 5.16 Å². The zero-order valence-electron chi connectivity index (χ0n) is 9.66. The van der Waals surface area contributed by atoms with Gasteiger partial charge >= 0.3 is 0 Å². The molecule has 1 aromatic heterocycles. The molecule has 2 nitrogen and oxygen atoms in total. The number of benzene rings is 1. The van der Waals surface area contributed by atoms with Gasteiger partial charge in [-0.15, -0.1) is 0 Å². The predicted octanol–water partition coefficient (Wildman–Crippen LogP) is 4.19. The normalized spacial score (nSPS) is 8.36. The van der Waals surface area contributed by atoms with Gasteiger partial charge in [-0.3, -0.25) is 0 Å². The fourth-order valence-electron chi connectivity index (χ4n) is 0.992. The number of hydrogen-bond acceptors (Lipinski definition) is 2. The minimum absolute atomic E-state index is 0.852. The van der Waals surface area contributed by atoms with Crippen LogP contribution in [0.15, 0.2) is 28.9 Å². The van der Waals surface area contributed by atoms with Crippen molar-refractivity contribution in [1.29, 1.82) is 0 Å². The molecular formula is C12H19NO. The minimum atomic E-state index is 0.852. The van der Waals surface area contributed by atoms with Crippen LogP contribution in [-0.4, -0.2) is 5.16 Å². The average Bonchev–Trinajstić information content (AvgIpc) is 2.71. The standard InChI is InChI=1S/C8H7NO.2C2H6/c1-6-2-3-8-7(4-6)5-9-10-8;2*1-2/h2-5H,1H3;2*1-2H3. The molecule has 0 bridgehead atoms. The van der Waals surface area contributed by atoms with Crippen LogP contribution in [0, 0.1) is 6.92 Å². The fraction of sp³-hybridized carbons (Fsp3) is 0.417. The van der Waals surface area contributed by atoms with E-state index in [1.807, 2.05) is 52.8 Å². The van der Waals surface area contributed by atoms with E-state index in [0.29, 0.717) is 0 Å². The van der Waals surface area contributed by atoms with Crippen molar-refractivity contribution in [2.45, 2.75) is 34.6 Å². The Hall–Kier alpha value is -1.31. The molecule has 0 fully saturated rings. The Balaban J connectivity index is 0.000000379. The number of fused-ring (bicyclic) bond motifs is 1. The zero-order chi connectivity index (χ0) is 11.0. The van der Waals surface area contributed by atoms with Crippen LogP contribution in [0.1, 0.15) is 33.3 Å². The molecule has 0 aliphatic rings. The fourth-order valence-corrected chi connectivity index (χ4v) is 0.992. The molecule has 0 aliphatic carbocycles. The summed E-state index contributed by atoms with van der Waals surface area (Å²) in [4.78, 5) is 0. The highest BCUT2D eigenvalue weighted by atomic mass is 16.5. The second kappa shape index (κ2) is 7.13. The maximum absolute atomic E-state index is 4.92. The van der Waals surface area contributed by atoms with Gasteiger partial charge in [0.05, 0.1) is 6.20 Å². The molecule has 0 aliphatic heterocycles. The lowest BCUT2D eigenvalue weighted by Gasteiger charge is -1.87. The van der Waals surface area contributed by atoms with Gasteiger partial charge in [-0.05, 0) is 19.1 Å². The lowest BCUT2D eigenvalue weighted by atomic mass is 10.2. The third-order valence-corrected chi connectivity index (χ3v) is 1.51. The molecule has 0 saturated heterocycles. The van der Waals surface area contributed by atoms with Crippen LogP contribution in [0.4, 0.5) is 0 Å². The lowest BCUT2D eigenvalue weighted by molar-refractivity contribution is 0.456. The molecule has 14 heavy (non-hydrogen) atoms. The Morgan fingerprint density at radius 3 is 2.36 bits per heavy atom. The van der Waals surface area contributed by atoms with Crippen LogP contribution in [0.5, 0.6) is 0 Å². The average molecular weight is 193 g/mol. The van der Waals surface area contributed by atoms with Crippen LogP contribution in [0.3, 0.4) is 0 Å². The van der Waals surface area contributed by atoms with Crippen molar-refractivity contribution < 1.29 is 4.52 Å². The first-order chi connectivity index (χ1) is 6.86. The molecule has 78 valence electrons. The van der Waals surface area contributed by atoms with E-state index in [0.717, 1.165) is 11.0 Å². The largest absolute Gasteiger partial charge is 0.356 e. The second-order valence-electron chi connectivity index (χ2n) is 2.37. The summed E-state index contributed by atoms with van der Waals surface area (Å²) in [6.45, 7) is 10.0. The molecule has 0 radical (unpaired) electrons. The van der Waals surface area contributed by atoms with E-state index in [1.54, 1.807) is 6.20 Å². The topological polar surface area (TPSA) is 26.0 Å². The maximum Gasteiger partial charge on any atom is 0.166 e. The van der Waals surface area contributed by atoms with E-state index in [-0.39, 0.29) is 0 Å². The van der Waals surface area contributed by atoms with E-state index in [4.69, 9.17) is 4.52 Å². The summed E-state index contributed by atoms with van der Waals surface area (Å²) in [7, 11) is 0. The number of nitrogens with zero attached hydrogens (tertiary/aromatic N) is 1. The quantitative estimate of drug-likeness (QED) is 0.627. The summed E-state index contributed by atoms with van der Waals surface area (Å²) in [5.41, 5.74) is 2.08. The smallest absolute Gasteiger partial charge is 0.166 e. The highest BCUT2D eigenvalue weighted by Gasteiger charge is 1.95. The first-order valence-corrected chi connectivity index (χ1v) is 5.17. The molecule has 0 atom stereocenters. The summed E-state index contributed by atoms with van der Waals surface area (Å²) in [6.07, 6.45) is 1.72. The Morgan fingerprint density at radius 2 is 1.71 bits per heavy atom. The second-order valence-corrected chi connectivity index (χ2v) is 2.37.